The van der Waals surface area contributed by atoms with Crippen LogP contribution in [0.4, 0.5) is 23.7 Å². The van der Waals surface area contributed by atoms with E-state index in [1.54, 1.807) is 20.8 Å². The first kappa shape index (κ1) is 18.5. The predicted octanol–water partition coefficient (Wildman–Crippen LogP) is 4.36. The first-order valence-electron chi connectivity index (χ1n) is 5.95. The maximum atomic E-state index is 12.7. The highest BCUT2D eigenvalue weighted by Crippen LogP contribution is 2.35. The fraction of sp³-hybridized carbons (Fsp3) is 0.385. The Kier molecular flexibility index (Phi) is 5.31. The molecule has 0 aliphatic carbocycles. The number of carbonyl (C=O) groups excluding carboxylic acids is 1. The summed E-state index contributed by atoms with van der Waals surface area (Å²) in [4.78, 5) is 22.8. The van der Waals surface area contributed by atoms with Crippen LogP contribution in [0.1, 0.15) is 36.7 Å². The summed E-state index contributed by atoms with van der Waals surface area (Å²) in [6, 6.07) is 1.22. The molecule has 122 valence electrons. The lowest BCUT2D eigenvalue weighted by molar-refractivity contribution is -0.137. The maximum Gasteiger partial charge on any atom is 0.416 e. The Morgan fingerprint density at radius 2 is 1.77 bits per heavy atom. The summed E-state index contributed by atoms with van der Waals surface area (Å²) in [5.74, 6) is -1.59. The molecule has 0 aliphatic heterocycles. The molecule has 22 heavy (non-hydrogen) atoms. The highest BCUT2D eigenvalue weighted by molar-refractivity contribution is 14.1. The van der Waals surface area contributed by atoms with Crippen LogP contribution in [0.25, 0.3) is 0 Å². The lowest BCUT2D eigenvalue weighted by atomic mass is 10.1. The third-order valence-corrected chi connectivity index (χ3v) is 3.12. The predicted molar refractivity (Wildman–Crippen MR) is 81.0 cm³/mol. The van der Waals surface area contributed by atoms with Gasteiger partial charge in [-0.1, -0.05) is 0 Å². The Bertz CT molecular complexity index is 609. The number of hydrogen-bond donors (Lipinski definition) is 2. The Hall–Kier alpha value is -1.52. The van der Waals surface area contributed by atoms with Crippen molar-refractivity contribution in [3.63, 3.8) is 0 Å². The number of aromatic carboxylic acids is 1. The van der Waals surface area contributed by atoms with Crippen LogP contribution in [-0.2, 0) is 10.9 Å². The van der Waals surface area contributed by atoms with Gasteiger partial charge in [-0.15, -0.1) is 0 Å². The number of carboxylic acid groups (broad SMARTS) is 1. The Labute approximate surface area is 138 Å². The number of anilines is 1. The van der Waals surface area contributed by atoms with E-state index < -0.39 is 35.0 Å². The Morgan fingerprint density at radius 1 is 1.23 bits per heavy atom. The molecular formula is C13H13F3INO4. The molecule has 0 saturated heterocycles. The zero-order chi connectivity index (χ0) is 17.3. The summed E-state index contributed by atoms with van der Waals surface area (Å²) < 4.78 is 43.1. The van der Waals surface area contributed by atoms with Crippen LogP contribution in [0.15, 0.2) is 12.1 Å². The standard InChI is InChI=1S/C13H13F3INO4/c1-12(2,3)22-11(21)18-9-7(10(19)20)4-6(5-8(9)17)13(14,15)16/h4-5H,1-3H3,(H,18,21)(H,19,20). The number of hydrogen-bond acceptors (Lipinski definition) is 3. The highest BCUT2D eigenvalue weighted by atomic mass is 127. The minimum atomic E-state index is -4.69. The smallest absolute Gasteiger partial charge is 0.416 e. The van der Waals surface area contributed by atoms with E-state index in [1.807, 2.05) is 0 Å². The van der Waals surface area contributed by atoms with Gasteiger partial charge < -0.3 is 9.84 Å². The lowest BCUT2D eigenvalue weighted by Crippen LogP contribution is -2.28. The monoisotopic (exact) mass is 431 g/mol. The molecule has 0 aliphatic rings. The first-order valence-corrected chi connectivity index (χ1v) is 7.03. The van der Waals surface area contributed by atoms with E-state index in [0.717, 1.165) is 6.07 Å². The van der Waals surface area contributed by atoms with E-state index in [4.69, 9.17) is 9.84 Å². The number of ether oxygens (including phenoxy) is 1. The van der Waals surface area contributed by atoms with Crippen molar-refractivity contribution in [1.29, 1.82) is 0 Å². The van der Waals surface area contributed by atoms with E-state index in [1.165, 1.54) is 22.6 Å². The van der Waals surface area contributed by atoms with Gasteiger partial charge in [0.25, 0.3) is 0 Å². The number of rotatable bonds is 2. The molecule has 1 rings (SSSR count). The molecule has 0 unspecified atom stereocenters. The third kappa shape index (κ3) is 5.04. The minimum absolute atomic E-state index is 0.0596. The van der Waals surface area contributed by atoms with Gasteiger partial charge in [0.05, 0.1) is 16.8 Å². The molecule has 2 N–H and O–H groups in total. The van der Waals surface area contributed by atoms with Gasteiger partial charge in [-0.2, -0.15) is 13.2 Å². The summed E-state index contributed by atoms with van der Waals surface area (Å²) in [6.07, 6.45) is -5.64. The zero-order valence-corrected chi connectivity index (χ0v) is 14.0. The van der Waals surface area contributed by atoms with Gasteiger partial charge in [0.1, 0.15) is 5.60 Å². The third-order valence-electron chi connectivity index (χ3n) is 2.27. The van der Waals surface area contributed by atoms with Gasteiger partial charge in [0.15, 0.2) is 0 Å². The molecule has 0 heterocycles. The van der Waals surface area contributed by atoms with Crippen LogP contribution in [-0.4, -0.2) is 22.8 Å². The molecular weight excluding hydrogens is 418 g/mol. The van der Waals surface area contributed by atoms with E-state index in [0.29, 0.717) is 6.07 Å². The molecule has 0 spiro atoms. The summed E-state index contributed by atoms with van der Waals surface area (Å²) in [5.41, 5.74) is -2.84. The van der Waals surface area contributed by atoms with Crippen molar-refractivity contribution in [1.82, 2.24) is 0 Å². The number of carbonyl (C=O) groups is 2. The lowest BCUT2D eigenvalue weighted by Gasteiger charge is -2.21. The summed E-state index contributed by atoms with van der Waals surface area (Å²) in [6.45, 7) is 4.80. The van der Waals surface area contributed by atoms with Gasteiger partial charge in [-0.25, -0.2) is 9.59 Å². The normalized spacial score (nSPS) is 12.0. The fourth-order valence-electron chi connectivity index (χ4n) is 1.47. The van der Waals surface area contributed by atoms with Crippen LogP contribution in [0.3, 0.4) is 0 Å². The van der Waals surface area contributed by atoms with Crippen LogP contribution in [0, 0.1) is 3.57 Å². The summed E-state index contributed by atoms with van der Waals surface area (Å²) in [7, 11) is 0. The van der Waals surface area contributed by atoms with Crippen LogP contribution in [0.5, 0.6) is 0 Å². The number of nitrogens with one attached hydrogen (secondary N) is 1. The number of halogens is 4. The second-order valence-corrected chi connectivity index (χ2v) is 6.47. The van der Waals surface area contributed by atoms with E-state index in [-0.39, 0.29) is 9.26 Å². The average Bonchev–Trinajstić information content (AvgIpc) is 2.27. The van der Waals surface area contributed by atoms with E-state index in [2.05, 4.69) is 5.32 Å². The largest absolute Gasteiger partial charge is 0.478 e. The molecule has 1 aromatic carbocycles. The van der Waals surface area contributed by atoms with E-state index >= 15 is 0 Å². The minimum Gasteiger partial charge on any atom is -0.478 e. The summed E-state index contributed by atoms with van der Waals surface area (Å²) >= 11 is 1.52. The van der Waals surface area contributed by atoms with Crippen LogP contribution >= 0.6 is 22.6 Å². The molecule has 0 fully saturated rings. The molecule has 9 heteroatoms. The van der Waals surface area contributed by atoms with Gasteiger partial charge in [0, 0.05) is 3.57 Å². The second-order valence-electron chi connectivity index (χ2n) is 5.31. The van der Waals surface area contributed by atoms with Gasteiger partial charge >= 0.3 is 18.2 Å². The zero-order valence-electron chi connectivity index (χ0n) is 11.8. The van der Waals surface area contributed by atoms with Crippen LogP contribution < -0.4 is 5.32 Å². The summed E-state index contributed by atoms with van der Waals surface area (Å²) in [5, 5.41) is 11.2. The molecule has 1 aromatic rings. The van der Waals surface area contributed by atoms with Gasteiger partial charge in [-0.05, 0) is 55.5 Å². The number of carboxylic acids is 1. The maximum absolute atomic E-state index is 12.7. The second kappa shape index (κ2) is 6.31. The van der Waals surface area contributed by atoms with Crippen molar-refractivity contribution in [3.05, 3.63) is 26.8 Å². The van der Waals surface area contributed by atoms with Crippen molar-refractivity contribution in [2.75, 3.05) is 5.32 Å². The number of amides is 1. The topological polar surface area (TPSA) is 75.6 Å². The molecule has 5 nitrogen and oxygen atoms in total. The van der Waals surface area contributed by atoms with Gasteiger partial charge in [-0.3, -0.25) is 5.32 Å². The number of alkyl halides is 3. The van der Waals surface area contributed by atoms with Crippen molar-refractivity contribution in [3.8, 4) is 0 Å². The highest BCUT2D eigenvalue weighted by Gasteiger charge is 2.33. The van der Waals surface area contributed by atoms with Gasteiger partial charge in [0.2, 0.25) is 0 Å². The van der Waals surface area contributed by atoms with Crippen molar-refractivity contribution < 1.29 is 32.6 Å². The molecule has 0 bridgehead atoms. The molecule has 0 radical (unpaired) electrons. The molecule has 1 amide bonds. The Balaban J connectivity index is 3.25. The SMILES string of the molecule is CC(C)(C)OC(=O)Nc1c(I)cc(C(F)(F)F)cc1C(=O)O. The quantitative estimate of drug-likeness (QED) is 0.683. The van der Waals surface area contributed by atoms with Crippen molar-refractivity contribution in [2.45, 2.75) is 32.5 Å². The first-order chi connectivity index (χ1) is 9.81. The fourth-order valence-corrected chi connectivity index (χ4v) is 2.23. The van der Waals surface area contributed by atoms with Crippen molar-refractivity contribution in [2.24, 2.45) is 0 Å². The Morgan fingerprint density at radius 3 is 2.18 bits per heavy atom. The average molecular weight is 431 g/mol. The molecule has 0 saturated carbocycles. The van der Waals surface area contributed by atoms with Crippen molar-refractivity contribution >= 4 is 40.3 Å². The van der Waals surface area contributed by atoms with Crippen LogP contribution in [0.2, 0.25) is 0 Å². The molecule has 0 aromatic heterocycles. The number of benzene rings is 1. The molecule has 0 atom stereocenters. The van der Waals surface area contributed by atoms with E-state index in [9.17, 15) is 22.8 Å².